The van der Waals surface area contributed by atoms with Crippen molar-refractivity contribution in [2.75, 3.05) is 25.5 Å². The number of carboxylic acid groups (broad SMARTS) is 1. The fourth-order valence-electron chi connectivity index (χ4n) is 4.68. The number of nitrogen functional groups attached to an aromatic ring is 1. The first-order valence-electron chi connectivity index (χ1n) is 13.2. The van der Waals surface area contributed by atoms with Crippen LogP contribution in [0.3, 0.4) is 0 Å². The molecule has 1 aliphatic carbocycles. The number of hydroxylamine groups is 2. The standard InChI is InChI=1S/C30H26N4O9/c31-17-2-5-20-23(14-17)42-24-15-18(32)3-6-21(24)28(20)19-4-1-16(13-22(19)30(39)40)29(38)33-10-12-41-11-9-27(37)43-34-25(35)7-8-26(34)36/h1-6,13-15,31H,7-12,32H2,(H,33,38)(H,39,40). The number of nitrogens with two attached hydrogens (primary N) is 1. The molecule has 1 saturated heterocycles. The van der Waals surface area contributed by atoms with Gasteiger partial charge in [-0.25, -0.2) is 9.59 Å². The Balaban J connectivity index is 1.27. The summed E-state index contributed by atoms with van der Waals surface area (Å²) in [6, 6.07) is 14.2. The molecular weight excluding hydrogens is 560 g/mol. The Hall–Kier alpha value is -5.56. The second-order valence-corrected chi connectivity index (χ2v) is 9.67. The van der Waals surface area contributed by atoms with Crippen LogP contribution in [-0.2, 0) is 24.0 Å². The van der Waals surface area contributed by atoms with Gasteiger partial charge in [-0.1, -0.05) is 6.07 Å². The number of amides is 3. The summed E-state index contributed by atoms with van der Waals surface area (Å²) >= 11 is 0. The summed E-state index contributed by atoms with van der Waals surface area (Å²) in [5.41, 5.74) is 8.31. The van der Waals surface area contributed by atoms with Crippen LogP contribution in [0.25, 0.3) is 33.4 Å². The summed E-state index contributed by atoms with van der Waals surface area (Å²) in [5.74, 6) is -3.35. The number of ether oxygens (including phenoxy) is 1. The number of anilines is 1. The van der Waals surface area contributed by atoms with Gasteiger partial charge in [0.1, 0.15) is 11.3 Å². The quantitative estimate of drug-likeness (QED) is 0.0926. The molecule has 0 spiro atoms. The average Bonchev–Trinajstić information content (AvgIpc) is 3.29. The summed E-state index contributed by atoms with van der Waals surface area (Å²) in [6.07, 6.45) is -0.211. The first-order valence-corrected chi connectivity index (χ1v) is 13.2. The van der Waals surface area contributed by atoms with Crippen molar-refractivity contribution in [2.45, 2.75) is 19.3 Å². The van der Waals surface area contributed by atoms with Crippen molar-refractivity contribution in [1.82, 2.24) is 10.4 Å². The minimum atomic E-state index is -1.24. The van der Waals surface area contributed by atoms with Crippen LogP contribution >= 0.6 is 0 Å². The Morgan fingerprint density at radius 2 is 1.72 bits per heavy atom. The van der Waals surface area contributed by atoms with E-state index >= 15 is 0 Å². The zero-order chi connectivity index (χ0) is 30.7. The number of aromatic carboxylic acids is 1. The molecule has 2 heterocycles. The molecule has 220 valence electrons. The fourth-order valence-corrected chi connectivity index (χ4v) is 4.68. The molecular formula is C30H26N4O9. The van der Waals surface area contributed by atoms with Gasteiger partial charge in [0.15, 0.2) is 0 Å². The van der Waals surface area contributed by atoms with Gasteiger partial charge >= 0.3 is 11.9 Å². The van der Waals surface area contributed by atoms with Gasteiger partial charge in [-0.2, -0.15) is 0 Å². The van der Waals surface area contributed by atoms with E-state index in [1.165, 1.54) is 18.2 Å². The van der Waals surface area contributed by atoms with E-state index in [1.54, 1.807) is 36.4 Å². The van der Waals surface area contributed by atoms with Gasteiger partial charge in [-0.05, 0) is 42.0 Å². The minimum absolute atomic E-state index is 0.00167. The molecule has 5 rings (SSSR count). The van der Waals surface area contributed by atoms with Crippen LogP contribution < -0.4 is 16.4 Å². The fraction of sp³-hybridized carbons (Fsp3) is 0.200. The number of carbonyl (C=O) groups is 5. The Morgan fingerprint density at radius 1 is 0.977 bits per heavy atom. The number of imide groups is 1. The van der Waals surface area contributed by atoms with Crippen LogP contribution in [-0.4, -0.2) is 59.6 Å². The lowest BCUT2D eigenvalue weighted by Gasteiger charge is -2.17. The van der Waals surface area contributed by atoms with Gasteiger partial charge in [0.2, 0.25) is 0 Å². The van der Waals surface area contributed by atoms with Crippen molar-refractivity contribution in [1.29, 1.82) is 5.41 Å². The van der Waals surface area contributed by atoms with Crippen LogP contribution in [0, 0.1) is 5.41 Å². The largest absolute Gasteiger partial charge is 0.478 e. The molecule has 0 radical (unpaired) electrons. The van der Waals surface area contributed by atoms with Crippen molar-refractivity contribution >= 4 is 46.3 Å². The van der Waals surface area contributed by atoms with Crippen molar-refractivity contribution in [2.24, 2.45) is 0 Å². The number of rotatable bonds is 10. The van der Waals surface area contributed by atoms with Crippen molar-refractivity contribution in [3.05, 3.63) is 71.1 Å². The van der Waals surface area contributed by atoms with E-state index < -0.39 is 29.7 Å². The third-order valence-corrected chi connectivity index (χ3v) is 6.71. The zero-order valence-corrected chi connectivity index (χ0v) is 22.7. The van der Waals surface area contributed by atoms with E-state index in [0.29, 0.717) is 44.2 Å². The number of fused-ring (bicyclic) bond motifs is 2. The monoisotopic (exact) mass is 586 g/mol. The molecule has 0 atom stereocenters. The normalized spacial score (nSPS) is 13.1. The molecule has 2 aromatic rings. The highest BCUT2D eigenvalue weighted by atomic mass is 16.7. The molecule has 3 amide bonds. The van der Waals surface area contributed by atoms with Crippen LogP contribution in [0.1, 0.15) is 40.0 Å². The first kappa shape index (κ1) is 29.0. The Morgan fingerprint density at radius 3 is 2.47 bits per heavy atom. The summed E-state index contributed by atoms with van der Waals surface area (Å²) in [4.78, 5) is 64.8. The van der Waals surface area contributed by atoms with E-state index in [0.717, 1.165) is 0 Å². The molecule has 13 heteroatoms. The molecule has 2 aromatic carbocycles. The molecule has 5 N–H and O–H groups in total. The molecule has 2 aliphatic heterocycles. The average molecular weight is 587 g/mol. The number of carboxylic acids is 1. The van der Waals surface area contributed by atoms with Gasteiger partial charge in [0.25, 0.3) is 17.7 Å². The number of nitrogens with zero attached hydrogens (tertiary/aromatic N) is 1. The summed E-state index contributed by atoms with van der Waals surface area (Å²) in [6.45, 7) is 0.0337. The predicted molar refractivity (Wildman–Crippen MR) is 150 cm³/mol. The molecule has 0 bridgehead atoms. The van der Waals surface area contributed by atoms with E-state index in [2.05, 4.69) is 5.32 Å². The zero-order valence-electron chi connectivity index (χ0n) is 22.7. The maximum absolute atomic E-state index is 12.8. The maximum Gasteiger partial charge on any atom is 0.336 e. The Kier molecular flexibility index (Phi) is 8.16. The third-order valence-electron chi connectivity index (χ3n) is 6.71. The Bertz CT molecular complexity index is 1800. The van der Waals surface area contributed by atoms with E-state index in [-0.39, 0.29) is 55.5 Å². The number of hydrogen-bond acceptors (Lipinski definition) is 10. The third kappa shape index (κ3) is 6.21. The highest BCUT2D eigenvalue weighted by Crippen LogP contribution is 2.41. The van der Waals surface area contributed by atoms with Gasteiger partial charge in [0.05, 0.1) is 30.6 Å². The molecule has 0 saturated carbocycles. The predicted octanol–water partition coefficient (Wildman–Crippen LogP) is 2.71. The topological polar surface area (TPSA) is 202 Å². The number of nitrogens with one attached hydrogen (secondary N) is 2. The minimum Gasteiger partial charge on any atom is -0.478 e. The highest BCUT2D eigenvalue weighted by molar-refractivity contribution is 6.09. The molecule has 0 unspecified atom stereocenters. The van der Waals surface area contributed by atoms with Gasteiger partial charge in [0, 0.05) is 59.3 Å². The second kappa shape index (κ2) is 12.1. The van der Waals surface area contributed by atoms with E-state index in [1.807, 2.05) is 0 Å². The summed E-state index contributed by atoms with van der Waals surface area (Å²) in [7, 11) is 0. The first-order chi connectivity index (χ1) is 20.6. The van der Waals surface area contributed by atoms with E-state index in [9.17, 15) is 29.1 Å². The number of benzene rings is 3. The van der Waals surface area contributed by atoms with Crippen molar-refractivity contribution in [3.63, 3.8) is 0 Å². The lowest BCUT2D eigenvalue weighted by molar-refractivity contribution is -0.198. The van der Waals surface area contributed by atoms with Gasteiger partial charge in [-0.3, -0.25) is 14.4 Å². The van der Waals surface area contributed by atoms with Crippen molar-refractivity contribution in [3.8, 4) is 22.5 Å². The van der Waals surface area contributed by atoms with Crippen LogP contribution in [0.4, 0.5) is 5.69 Å². The summed E-state index contributed by atoms with van der Waals surface area (Å²) in [5, 5.41) is 22.0. The number of hydrogen-bond donors (Lipinski definition) is 4. The van der Waals surface area contributed by atoms with Crippen LogP contribution in [0.2, 0.25) is 0 Å². The molecule has 0 aromatic heterocycles. The summed E-state index contributed by atoms with van der Waals surface area (Å²) < 4.78 is 11.3. The second-order valence-electron chi connectivity index (χ2n) is 9.67. The van der Waals surface area contributed by atoms with Crippen LogP contribution in [0.5, 0.6) is 0 Å². The molecule has 1 fully saturated rings. The van der Waals surface area contributed by atoms with E-state index in [4.69, 9.17) is 25.1 Å². The molecule has 13 nitrogen and oxygen atoms in total. The lowest BCUT2D eigenvalue weighted by Crippen LogP contribution is -2.32. The van der Waals surface area contributed by atoms with Gasteiger partial charge in [-0.15, -0.1) is 5.06 Å². The van der Waals surface area contributed by atoms with Crippen molar-refractivity contribution < 1.29 is 43.1 Å². The SMILES string of the molecule is N=c1ccc2c(-c3ccc(C(=O)NCCOCCC(=O)ON4C(=O)CCC4=O)cc3C(=O)O)c3ccc(N)cc3oc-2c1. The lowest BCUT2D eigenvalue weighted by atomic mass is 9.89. The molecule has 3 aliphatic rings. The van der Waals surface area contributed by atoms with Gasteiger partial charge < -0.3 is 35.6 Å². The smallest absolute Gasteiger partial charge is 0.336 e. The van der Waals surface area contributed by atoms with Crippen LogP contribution in [0.15, 0.2) is 59.0 Å². The Labute approximate surface area is 243 Å². The number of carbonyl (C=O) groups excluding carboxylic acids is 4. The highest BCUT2D eigenvalue weighted by Gasteiger charge is 2.32. The molecule has 43 heavy (non-hydrogen) atoms. The maximum atomic E-state index is 12.8.